The topological polar surface area (TPSA) is 65.7 Å². The Kier molecular flexibility index (Phi) is 3.72. The summed E-state index contributed by atoms with van der Waals surface area (Å²) in [5.41, 5.74) is 1.47. The molecule has 2 amide bonds. The average Bonchev–Trinajstić information content (AvgIpc) is 3.00. The molecule has 24 heavy (non-hydrogen) atoms. The molecular weight excluding hydrogens is 311 g/mol. The molecule has 5 nitrogen and oxygen atoms in total. The summed E-state index contributed by atoms with van der Waals surface area (Å²) in [7, 11) is 0. The van der Waals surface area contributed by atoms with Gasteiger partial charge in [0.25, 0.3) is 0 Å². The summed E-state index contributed by atoms with van der Waals surface area (Å²) in [6.45, 7) is 2.15. The number of rotatable bonds is 2. The fraction of sp³-hybridized carbons (Fsp3) is 0.500. The first kappa shape index (κ1) is 15.4. The van der Waals surface area contributed by atoms with E-state index >= 15 is 0 Å². The van der Waals surface area contributed by atoms with Gasteiger partial charge in [0, 0.05) is 23.0 Å². The Morgan fingerprint density at radius 3 is 2.79 bits per heavy atom. The number of halogens is 1. The molecular formula is C18H21FN2O3. The Hall–Kier alpha value is -2.08. The molecule has 2 aliphatic rings. The number of hydrogen-bond donors (Lipinski definition) is 2. The van der Waals surface area contributed by atoms with Crippen molar-refractivity contribution in [1.82, 2.24) is 10.2 Å². The van der Waals surface area contributed by atoms with Gasteiger partial charge in [-0.2, -0.15) is 0 Å². The smallest absolute Gasteiger partial charge is 0.318 e. The van der Waals surface area contributed by atoms with Crippen molar-refractivity contribution in [2.24, 2.45) is 0 Å². The largest absolute Gasteiger partial charge is 0.459 e. The van der Waals surface area contributed by atoms with E-state index in [-0.39, 0.29) is 36.6 Å². The lowest BCUT2D eigenvalue weighted by molar-refractivity contribution is 0.0540. The van der Waals surface area contributed by atoms with Crippen LogP contribution in [0.1, 0.15) is 37.0 Å². The number of aliphatic hydroxyl groups excluding tert-OH is 1. The molecule has 2 saturated heterocycles. The predicted octanol–water partition coefficient (Wildman–Crippen LogP) is 3.08. The number of urea groups is 1. The van der Waals surface area contributed by atoms with E-state index in [1.54, 1.807) is 6.07 Å². The summed E-state index contributed by atoms with van der Waals surface area (Å²) >= 11 is 0. The van der Waals surface area contributed by atoms with Gasteiger partial charge in [-0.05, 0) is 50.8 Å². The van der Waals surface area contributed by atoms with Crippen LogP contribution in [0, 0.1) is 12.7 Å². The van der Waals surface area contributed by atoms with E-state index in [9.17, 15) is 14.3 Å². The highest BCUT2D eigenvalue weighted by atomic mass is 19.1. The SMILES string of the molecule is Cc1c(CNC(=O)N2[C@H]3CC[C@H]2CC(O)C3)oc2ccc(F)cc12. The van der Waals surface area contributed by atoms with Crippen LogP contribution in [0.5, 0.6) is 0 Å². The van der Waals surface area contributed by atoms with Crippen LogP contribution < -0.4 is 5.32 Å². The van der Waals surface area contributed by atoms with Gasteiger partial charge in [-0.15, -0.1) is 0 Å². The molecule has 0 saturated carbocycles. The molecule has 0 unspecified atom stereocenters. The molecule has 0 spiro atoms. The summed E-state index contributed by atoms with van der Waals surface area (Å²) in [5.74, 6) is 0.346. The van der Waals surface area contributed by atoms with E-state index in [0.717, 1.165) is 23.8 Å². The highest BCUT2D eigenvalue weighted by Gasteiger charge is 2.42. The van der Waals surface area contributed by atoms with Crippen molar-refractivity contribution in [3.05, 3.63) is 35.3 Å². The third kappa shape index (κ3) is 2.55. The van der Waals surface area contributed by atoms with Crippen molar-refractivity contribution in [2.45, 2.75) is 57.3 Å². The van der Waals surface area contributed by atoms with Gasteiger partial charge < -0.3 is 19.7 Å². The molecule has 1 aromatic heterocycles. The van der Waals surface area contributed by atoms with Crippen LogP contribution >= 0.6 is 0 Å². The summed E-state index contributed by atoms with van der Waals surface area (Å²) < 4.78 is 19.1. The molecule has 4 rings (SSSR count). The minimum absolute atomic E-state index is 0.111. The van der Waals surface area contributed by atoms with E-state index in [1.807, 2.05) is 11.8 Å². The van der Waals surface area contributed by atoms with Gasteiger partial charge in [0.05, 0.1) is 12.6 Å². The Labute approximate surface area is 139 Å². The zero-order valence-corrected chi connectivity index (χ0v) is 13.6. The molecule has 2 N–H and O–H groups in total. The lowest BCUT2D eigenvalue weighted by atomic mass is 10.0. The van der Waals surface area contributed by atoms with Gasteiger partial charge in [0.15, 0.2) is 0 Å². The predicted molar refractivity (Wildman–Crippen MR) is 87.0 cm³/mol. The van der Waals surface area contributed by atoms with Crippen LogP contribution in [-0.2, 0) is 6.54 Å². The second kappa shape index (κ2) is 5.77. The van der Waals surface area contributed by atoms with E-state index in [4.69, 9.17) is 4.42 Å². The van der Waals surface area contributed by atoms with Crippen LogP contribution in [0.15, 0.2) is 22.6 Å². The number of carbonyl (C=O) groups is 1. The standard InChI is InChI=1S/C18H21FN2O3/c1-10-15-6-11(19)2-5-16(15)24-17(10)9-20-18(23)21-12-3-4-13(21)8-14(22)7-12/h2,5-6,12-14,22H,3-4,7-9H2,1H3,(H,20,23)/t12-,13-/m0/s1. The third-order valence-electron chi connectivity index (χ3n) is 5.34. The third-order valence-corrected chi connectivity index (χ3v) is 5.34. The zero-order chi connectivity index (χ0) is 16.8. The van der Waals surface area contributed by atoms with Crippen LogP contribution in [0.4, 0.5) is 9.18 Å². The monoisotopic (exact) mass is 332 g/mol. The molecule has 2 atom stereocenters. The first-order chi connectivity index (χ1) is 11.5. The average molecular weight is 332 g/mol. The van der Waals surface area contributed by atoms with Gasteiger partial charge in [-0.25, -0.2) is 9.18 Å². The number of furan rings is 1. The number of nitrogens with zero attached hydrogens (tertiary/aromatic N) is 1. The summed E-state index contributed by atoms with van der Waals surface area (Å²) in [4.78, 5) is 14.4. The van der Waals surface area contributed by atoms with Crippen LogP contribution in [-0.4, -0.2) is 34.2 Å². The quantitative estimate of drug-likeness (QED) is 0.888. The van der Waals surface area contributed by atoms with E-state index in [0.29, 0.717) is 24.2 Å². The molecule has 2 fully saturated rings. The fourth-order valence-corrected chi connectivity index (χ4v) is 4.14. The van der Waals surface area contributed by atoms with Crippen molar-refractivity contribution in [3.8, 4) is 0 Å². The second-order valence-corrected chi connectivity index (χ2v) is 6.87. The van der Waals surface area contributed by atoms with Gasteiger partial charge in [-0.1, -0.05) is 0 Å². The zero-order valence-electron chi connectivity index (χ0n) is 13.6. The number of carbonyl (C=O) groups excluding carboxylic acids is 1. The summed E-state index contributed by atoms with van der Waals surface area (Å²) in [5, 5.41) is 13.5. The lowest BCUT2D eigenvalue weighted by Gasteiger charge is -2.37. The number of nitrogens with one attached hydrogen (secondary N) is 1. The van der Waals surface area contributed by atoms with Gasteiger partial charge in [-0.3, -0.25) is 0 Å². The Morgan fingerprint density at radius 2 is 2.08 bits per heavy atom. The Bertz CT molecular complexity index is 774. The van der Waals surface area contributed by atoms with E-state index < -0.39 is 0 Å². The van der Waals surface area contributed by atoms with Crippen LogP contribution in [0.25, 0.3) is 11.0 Å². The van der Waals surface area contributed by atoms with E-state index in [1.165, 1.54) is 12.1 Å². The first-order valence-electron chi connectivity index (χ1n) is 8.44. The summed E-state index contributed by atoms with van der Waals surface area (Å²) in [6.07, 6.45) is 2.94. The maximum absolute atomic E-state index is 13.4. The number of benzene rings is 1. The molecule has 2 bridgehead atoms. The number of aryl methyl sites for hydroxylation is 1. The van der Waals surface area contributed by atoms with Gasteiger partial charge in [0.2, 0.25) is 0 Å². The molecule has 6 heteroatoms. The second-order valence-electron chi connectivity index (χ2n) is 6.87. The highest BCUT2D eigenvalue weighted by Crippen LogP contribution is 2.35. The van der Waals surface area contributed by atoms with Crippen LogP contribution in [0.3, 0.4) is 0 Å². The molecule has 2 aromatic rings. The highest BCUT2D eigenvalue weighted by molar-refractivity contribution is 5.82. The first-order valence-corrected chi connectivity index (χ1v) is 8.44. The van der Waals surface area contributed by atoms with Gasteiger partial charge in [0.1, 0.15) is 17.2 Å². The number of amides is 2. The maximum atomic E-state index is 13.4. The molecule has 128 valence electrons. The molecule has 3 heterocycles. The molecule has 0 aliphatic carbocycles. The van der Waals surface area contributed by atoms with Crippen molar-refractivity contribution >= 4 is 17.0 Å². The Balaban J connectivity index is 1.47. The minimum atomic E-state index is -0.301. The van der Waals surface area contributed by atoms with Crippen molar-refractivity contribution in [2.75, 3.05) is 0 Å². The molecule has 0 radical (unpaired) electrons. The Morgan fingerprint density at radius 1 is 1.38 bits per heavy atom. The molecule has 1 aromatic carbocycles. The number of aliphatic hydroxyl groups is 1. The number of piperidine rings is 1. The van der Waals surface area contributed by atoms with E-state index in [2.05, 4.69) is 5.32 Å². The summed E-state index contributed by atoms with van der Waals surface area (Å²) in [6, 6.07) is 4.57. The maximum Gasteiger partial charge on any atom is 0.318 e. The fourth-order valence-electron chi connectivity index (χ4n) is 4.14. The lowest BCUT2D eigenvalue weighted by Crippen LogP contribution is -2.51. The molecule has 2 aliphatic heterocycles. The van der Waals surface area contributed by atoms with Crippen molar-refractivity contribution in [3.63, 3.8) is 0 Å². The number of fused-ring (bicyclic) bond motifs is 3. The van der Waals surface area contributed by atoms with Crippen molar-refractivity contribution < 1.29 is 18.7 Å². The normalized spacial score (nSPS) is 26.1. The van der Waals surface area contributed by atoms with Crippen molar-refractivity contribution in [1.29, 1.82) is 0 Å². The minimum Gasteiger partial charge on any atom is -0.459 e. The van der Waals surface area contributed by atoms with Gasteiger partial charge >= 0.3 is 6.03 Å². The number of hydrogen-bond acceptors (Lipinski definition) is 3. The van der Waals surface area contributed by atoms with Crippen LogP contribution in [0.2, 0.25) is 0 Å².